The lowest BCUT2D eigenvalue weighted by Gasteiger charge is -2.42. The Morgan fingerprint density at radius 2 is 1.96 bits per heavy atom. The minimum atomic E-state index is 0.170. The number of oxime groups is 1. The second kappa shape index (κ2) is 7.10. The summed E-state index contributed by atoms with van der Waals surface area (Å²) in [6, 6.07) is 6.91. The van der Waals surface area contributed by atoms with Crippen LogP contribution in [-0.4, -0.2) is 51.1 Å². The highest BCUT2D eigenvalue weighted by Crippen LogP contribution is 2.49. The number of methoxy groups -OCH3 is 2. The molecule has 0 bridgehead atoms. The molecular weight excluding hydrogens is 328 g/mol. The summed E-state index contributed by atoms with van der Waals surface area (Å²) in [6.07, 6.45) is 6.92. The van der Waals surface area contributed by atoms with Gasteiger partial charge in [0.15, 0.2) is 11.5 Å². The SMILES string of the molecule is COc1ccc([C@@]23CC/C(=N\OCC4CC4)C[C@@H]2N(C)CC3)cc1OC. The van der Waals surface area contributed by atoms with Crippen LogP contribution in [0.15, 0.2) is 23.4 Å². The van der Waals surface area contributed by atoms with E-state index >= 15 is 0 Å². The smallest absolute Gasteiger partial charge is 0.161 e. The first-order valence-corrected chi connectivity index (χ1v) is 9.77. The maximum absolute atomic E-state index is 5.62. The van der Waals surface area contributed by atoms with Gasteiger partial charge in [-0.1, -0.05) is 11.2 Å². The molecule has 142 valence electrons. The van der Waals surface area contributed by atoms with Crippen LogP contribution in [0.5, 0.6) is 11.5 Å². The zero-order valence-corrected chi connectivity index (χ0v) is 16.2. The molecular formula is C21H30N2O3. The average Bonchev–Trinajstić information content (AvgIpc) is 3.44. The van der Waals surface area contributed by atoms with E-state index in [1.807, 2.05) is 6.07 Å². The van der Waals surface area contributed by atoms with E-state index in [0.717, 1.165) is 49.8 Å². The van der Waals surface area contributed by atoms with Crippen LogP contribution in [-0.2, 0) is 10.3 Å². The molecule has 4 rings (SSSR count). The molecule has 2 atom stereocenters. The fourth-order valence-electron chi connectivity index (χ4n) is 4.68. The van der Waals surface area contributed by atoms with Crippen molar-refractivity contribution in [3.8, 4) is 11.5 Å². The van der Waals surface area contributed by atoms with Crippen LogP contribution in [0.3, 0.4) is 0 Å². The van der Waals surface area contributed by atoms with Crippen molar-refractivity contribution in [1.82, 2.24) is 4.90 Å². The van der Waals surface area contributed by atoms with E-state index < -0.39 is 0 Å². The van der Waals surface area contributed by atoms with Gasteiger partial charge in [0.1, 0.15) is 6.61 Å². The van der Waals surface area contributed by atoms with Crippen LogP contribution >= 0.6 is 0 Å². The van der Waals surface area contributed by atoms with Crippen molar-refractivity contribution < 1.29 is 14.3 Å². The summed E-state index contributed by atoms with van der Waals surface area (Å²) < 4.78 is 11.0. The lowest BCUT2D eigenvalue weighted by molar-refractivity contribution is 0.129. The molecule has 0 spiro atoms. The lowest BCUT2D eigenvalue weighted by atomic mass is 9.65. The zero-order valence-electron chi connectivity index (χ0n) is 16.2. The van der Waals surface area contributed by atoms with Crippen LogP contribution in [0.4, 0.5) is 0 Å². The highest BCUT2D eigenvalue weighted by atomic mass is 16.6. The topological polar surface area (TPSA) is 43.3 Å². The van der Waals surface area contributed by atoms with Crippen molar-refractivity contribution in [2.45, 2.75) is 50.0 Å². The van der Waals surface area contributed by atoms with Gasteiger partial charge in [-0.2, -0.15) is 0 Å². The van der Waals surface area contributed by atoms with E-state index in [-0.39, 0.29) is 5.41 Å². The quantitative estimate of drug-likeness (QED) is 0.729. The van der Waals surface area contributed by atoms with Crippen molar-refractivity contribution in [3.63, 3.8) is 0 Å². The first kappa shape index (κ1) is 17.7. The third kappa shape index (κ3) is 3.18. The van der Waals surface area contributed by atoms with Gasteiger partial charge < -0.3 is 19.2 Å². The molecule has 0 N–H and O–H groups in total. The van der Waals surface area contributed by atoms with Crippen LogP contribution in [0.1, 0.15) is 44.1 Å². The van der Waals surface area contributed by atoms with Crippen LogP contribution < -0.4 is 9.47 Å². The molecule has 1 heterocycles. The predicted octanol–water partition coefficient (Wildman–Crippen LogP) is 3.61. The number of hydrogen-bond acceptors (Lipinski definition) is 5. The molecule has 1 aromatic carbocycles. The van der Waals surface area contributed by atoms with Crippen LogP contribution in [0, 0.1) is 5.92 Å². The molecule has 26 heavy (non-hydrogen) atoms. The second-order valence-electron chi connectivity index (χ2n) is 8.07. The molecule has 5 heteroatoms. The summed E-state index contributed by atoms with van der Waals surface area (Å²) in [6.45, 7) is 1.92. The predicted molar refractivity (Wildman–Crippen MR) is 102 cm³/mol. The second-order valence-corrected chi connectivity index (χ2v) is 8.07. The van der Waals surface area contributed by atoms with Gasteiger partial charge in [0, 0.05) is 17.9 Å². The fraction of sp³-hybridized carbons (Fsp3) is 0.667. The first-order chi connectivity index (χ1) is 12.7. The van der Waals surface area contributed by atoms with E-state index in [0.29, 0.717) is 6.04 Å². The summed E-state index contributed by atoms with van der Waals surface area (Å²) in [7, 11) is 5.63. The first-order valence-electron chi connectivity index (χ1n) is 9.77. The van der Waals surface area contributed by atoms with E-state index in [1.54, 1.807) is 14.2 Å². The highest BCUT2D eigenvalue weighted by Gasteiger charge is 2.50. The molecule has 0 unspecified atom stereocenters. The minimum Gasteiger partial charge on any atom is -0.493 e. The Morgan fingerprint density at radius 3 is 2.69 bits per heavy atom. The molecule has 2 saturated carbocycles. The van der Waals surface area contributed by atoms with Crippen molar-refractivity contribution in [3.05, 3.63) is 23.8 Å². The number of fused-ring (bicyclic) bond motifs is 1. The zero-order chi connectivity index (χ0) is 18.1. The van der Waals surface area contributed by atoms with Gasteiger partial charge in [0.05, 0.1) is 19.9 Å². The number of likely N-dealkylation sites (tertiary alicyclic amines) is 1. The Morgan fingerprint density at radius 1 is 1.15 bits per heavy atom. The molecule has 0 aromatic heterocycles. The molecule has 1 aromatic rings. The van der Waals surface area contributed by atoms with Crippen molar-refractivity contribution >= 4 is 5.71 Å². The van der Waals surface area contributed by atoms with Gasteiger partial charge in [0.2, 0.25) is 0 Å². The van der Waals surface area contributed by atoms with Crippen LogP contribution in [0.25, 0.3) is 0 Å². The molecule has 1 aliphatic heterocycles. The molecule has 3 aliphatic rings. The maximum atomic E-state index is 5.62. The number of rotatable bonds is 6. The van der Waals surface area contributed by atoms with E-state index in [2.05, 4.69) is 29.2 Å². The maximum Gasteiger partial charge on any atom is 0.161 e. The summed E-state index contributed by atoms with van der Waals surface area (Å²) in [5.74, 6) is 2.37. The van der Waals surface area contributed by atoms with E-state index in [9.17, 15) is 0 Å². The van der Waals surface area contributed by atoms with Gasteiger partial charge in [-0.05, 0) is 69.3 Å². The highest BCUT2D eigenvalue weighted by molar-refractivity contribution is 5.86. The Hall–Kier alpha value is -1.75. The number of nitrogens with zero attached hydrogens (tertiary/aromatic N) is 2. The van der Waals surface area contributed by atoms with Crippen LogP contribution in [0.2, 0.25) is 0 Å². The number of ether oxygens (including phenoxy) is 2. The summed E-state index contributed by atoms with van der Waals surface area (Å²) in [5, 5.41) is 4.49. The van der Waals surface area contributed by atoms with Gasteiger partial charge in [0.25, 0.3) is 0 Å². The van der Waals surface area contributed by atoms with E-state index in [4.69, 9.17) is 14.3 Å². The number of hydrogen-bond donors (Lipinski definition) is 0. The molecule has 5 nitrogen and oxygen atoms in total. The molecule has 2 aliphatic carbocycles. The summed E-state index contributed by atoms with van der Waals surface area (Å²) in [5.41, 5.74) is 2.76. The normalized spacial score (nSPS) is 30.3. The standard InChI is InChI=1S/C21H30N2O3/c1-23-11-10-21(16-6-7-18(24-2)19(12-16)25-3)9-8-17(13-20(21)23)22-26-14-15-4-5-15/h6-7,12,15,20H,4-5,8-11,13-14H2,1-3H3/b22-17+/t20-,21-/m0/s1. The summed E-state index contributed by atoms with van der Waals surface area (Å²) in [4.78, 5) is 8.11. The third-order valence-corrected chi connectivity index (χ3v) is 6.53. The van der Waals surface area contributed by atoms with Crippen molar-refractivity contribution in [2.24, 2.45) is 11.1 Å². The Balaban J connectivity index is 1.56. The Labute approximate surface area is 156 Å². The molecule has 0 amide bonds. The van der Waals surface area contributed by atoms with E-state index in [1.165, 1.54) is 30.5 Å². The number of benzene rings is 1. The molecule has 0 radical (unpaired) electrons. The Bertz CT molecular complexity index is 686. The van der Waals surface area contributed by atoms with Gasteiger partial charge >= 0.3 is 0 Å². The van der Waals surface area contributed by atoms with Gasteiger partial charge in [-0.25, -0.2) is 0 Å². The van der Waals surface area contributed by atoms with Crippen molar-refractivity contribution in [1.29, 1.82) is 0 Å². The lowest BCUT2D eigenvalue weighted by Crippen LogP contribution is -2.46. The largest absolute Gasteiger partial charge is 0.493 e. The van der Waals surface area contributed by atoms with Gasteiger partial charge in [-0.3, -0.25) is 0 Å². The molecule has 1 saturated heterocycles. The monoisotopic (exact) mass is 358 g/mol. The minimum absolute atomic E-state index is 0.170. The molecule has 3 fully saturated rings. The summed E-state index contributed by atoms with van der Waals surface area (Å²) >= 11 is 0. The third-order valence-electron chi connectivity index (χ3n) is 6.53. The fourth-order valence-corrected chi connectivity index (χ4v) is 4.68. The van der Waals surface area contributed by atoms with Gasteiger partial charge in [-0.15, -0.1) is 0 Å². The Kier molecular flexibility index (Phi) is 4.82. The average molecular weight is 358 g/mol. The van der Waals surface area contributed by atoms with Crippen molar-refractivity contribution in [2.75, 3.05) is 34.4 Å². The number of likely N-dealkylation sites (N-methyl/N-ethyl adjacent to an activating group) is 1.